The molecule has 2 N–H and O–H groups in total. The van der Waals surface area contributed by atoms with Crippen LogP contribution in [0.4, 0.5) is 0 Å². The Balaban J connectivity index is 2.50. The summed E-state index contributed by atoms with van der Waals surface area (Å²) in [5.74, 6) is 0.375. The molecule has 1 aliphatic carbocycles. The Morgan fingerprint density at radius 1 is 1.56 bits per heavy atom. The zero-order valence-electron chi connectivity index (χ0n) is 9.49. The minimum absolute atomic E-state index is 0.198. The molecule has 1 heterocycles. The topological polar surface area (TPSA) is 70.7 Å². The molecular formula is C12H16O4. The Morgan fingerprint density at radius 2 is 2.25 bits per heavy atom. The average molecular weight is 224 g/mol. The number of carboxylic acid groups (broad SMARTS) is 1. The van der Waals surface area contributed by atoms with Gasteiger partial charge in [0, 0.05) is 17.9 Å². The predicted molar refractivity (Wildman–Crippen MR) is 57.3 cm³/mol. The second-order valence-electron chi connectivity index (χ2n) is 4.66. The van der Waals surface area contributed by atoms with Crippen molar-refractivity contribution in [3.8, 4) is 0 Å². The summed E-state index contributed by atoms with van der Waals surface area (Å²) < 4.78 is 5.59. The van der Waals surface area contributed by atoms with Crippen molar-refractivity contribution in [2.24, 2.45) is 0 Å². The van der Waals surface area contributed by atoms with Crippen LogP contribution in [0.1, 0.15) is 49.7 Å². The lowest BCUT2D eigenvalue weighted by Crippen LogP contribution is -2.38. The SMILES string of the molecule is CC(C)c1cc2c(o1)CCCC2(O)C(=O)O. The standard InChI is InChI=1S/C12H16O4/c1-7(2)10-6-8-9(16-10)4-3-5-12(8,15)11(13)14/h6-7,15H,3-5H2,1-2H3,(H,13,14). The van der Waals surface area contributed by atoms with Crippen molar-refractivity contribution in [1.29, 1.82) is 0 Å². The van der Waals surface area contributed by atoms with Gasteiger partial charge in [-0.1, -0.05) is 13.8 Å². The van der Waals surface area contributed by atoms with E-state index in [-0.39, 0.29) is 12.3 Å². The highest BCUT2D eigenvalue weighted by molar-refractivity contribution is 5.79. The zero-order valence-corrected chi connectivity index (χ0v) is 9.49. The van der Waals surface area contributed by atoms with Crippen molar-refractivity contribution in [1.82, 2.24) is 0 Å². The average Bonchev–Trinajstić information content (AvgIpc) is 2.63. The Bertz CT molecular complexity index is 419. The largest absolute Gasteiger partial charge is 0.479 e. The molecule has 0 saturated carbocycles. The van der Waals surface area contributed by atoms with Gasteiger partial charge < -0.3 is 14.6 Å². The summed E-state index contributed by atoms with van der Waals surface area (Å²) in [7, 11) is 0. The number of furan rings is 1. The Morgan fingerprint density at radius 3 is 2.81 bits per heavy atom. The maximum atomic E-state index is 11.1. The fraction of sp³-hybridized carbons (Fsp3) is 0.583. The molecule has 1 aliphatic rings. The van der Waals surface area contributed by atoms with Gasteiger partial charge in [0.15, 0.2) is 5.60 Å². The van der Waals surface area contributed by atoms with Crippen LogP contribution in [0.15, 0.2) is 10.5 Å². The van der Waals surface area contributed by atoms with Gasteiger partial charge in [-0.2, -0.15) is 0 Å². The van der Waals surface area contributed by atoms with Crippen LogP contribution < -0.4 is 0 Å². The van der Waals surface area contributed by atoms with Gasteiger partial charge in [-0.25, -0.2) is 4.79 Å². The Kier molecular flexibility index (Phi) is 2.54. The Hall–Kier alpha value is -1.29. The number of aliphatic carboxylic acids is 1. The van der Waals surface area contributed by atoms with E-state index in [0.29, 0.717) is 24.2 Å². The molecule has 0 aliphatic heterocycles. The van der Waals surface area contributed by atoms with E-state index in [1.54, 1.807) is 6.07 Å². The van der Waals surface area contributed by atoms with Crippen LogP contribution in [0.2, 0.25) is 0 Å². The number of rotatable bonds is 2. The number of carbonyl (C=O) groups is 1. The number of fused-ring (bicyclic) bond motifs is 1. The smallest absolute Gasteiger partial charge is 0.340 e. The number of hydrogen-bond donors (Lipinski definition) is 2. The van der Waals surface area contributed by atoms with Crippen molar-refractivity contribution in [3.63, 3.8) is 0 Å². The summed E-state index contributed by atoms with van der Waals surface area (Å²) in [5, 5.41) is 19.2. The highest BCUT2D eigenvalue weighted by atomic mass is 16.4. The van der Waals surface area contributed by atoms with E-state index in [2.05, 4.69) is 0 Å². The van der Waals surface area contributed by atoms with Crippen molar-refractivity contribution < 1.29 is 19.4 Å². The van der Waals surface area contributed by atoms with Gasteiger partial charge in [-0.05, 0) is 18.9 Å². The molecule has 1 atom stereocenters. The van der Waals surface area contributed by atoms with Crippen LogP contribution in [0, 0.1) is 0 Å². The third-order valence-electron chi connectivity index (χ3n) is 3.14. The van der Waals surface area contributed by atoms with Gasteiger partial charge in [-0.15, -0.1) is 0 Å². The maximum Gasteiger partial charge on any atom is 0.340 e. The molecule has 0 saturated heterocycles. The molecule has 88 valence electrons. The third kappa shape index (κ3) is 1.53. The fourth-order valence-corrected chi connectivity index (χ4v) is 2.13. The minimum atomic E-state index is -1.76. The van der Waals surface area contributed by atoms with E-state index >= 15 is 0 Å². The first-order chi connectivity index (χ1) is 7.45. The van der Waals surface area contributed by atoms with Crippen LogP contribution in [0.25, 0.3) is 0 Å². The highest BCUT2D eigenvalue weighted by Crippen LogP contribution is 2.38. The molecule has 1 aromatic rings. The molecule has 0 aromatic carbocycles. The van der Waals surface area contributed by atoms with Gasteiger partial charge in [-0.3, -0.25) is 0 Å². The first kappa shape index (κ1) is 11.2. The molecule has 4 nitrogen and oxygen atoms in total. The molecule has 0 spiro atoms. The van der Waals surface area contributed by atoms with E-state index < -0.39 is 11.6 Å². The second kappa shape index (κ2) is 3.63. The van der Waals surface area contributed by atoms with E-state index in [9.17, 15) is 9.90 Å². The van der Waals surface area contributed by atoms with Crippen LogP contribution in [-0.4, -0.2) is 16.2 Å². The van der Waals surface area contributed by atoms with Crippen molar-refractivity contribution in [2.45, 2.75) is 44.6 Å². The maximum absolute atomic E-state index is 11.1. The molecule has 4 heteroatoms. The normalized spacial score (nSPS) is 24.5. The molecule has 0 amide bonds. The van der Waals surface area contributed by atoms with Crippen LogP contribution in [0.3, 0.4) is 0 Å². The van der Waals surface area contributed by atoms with Crippen molar-refractivity contribution in [3.05, 3.63) is 23.2 Å². The van der Waals surface area contributed by atoms with E-state index in [4.69, 9.17) is 9.52 Å². The summed E-state index contributed by atoms with van der Waals surface area (Å²) in [5.41, 5.74) is -1.32. The predicted octanol–water partition coefficient (Wildman–Crippen LogP) is 2.01. The number of aryl methyl sites for hydroxylation is 1. The molecule has 0 radical (unpaired) electrons. The van der Waals surface area contributed by atoms with E-state index in [1.165, 1.54) is 0 Å². The van der Waals surface area contributed by atoms with E-state index in [1.807, 2.05) is 13.8 Å². The minimum Gasteiger partial charge on any atom is -0.479 e. The van der Waals surface area contributed by atoms with Crippen LogP contribution >= 0.6 is 0 Å². The van der Waals surface area contributed by atoms with Crippen molar-refractivity contribution in [2.75, 3.05) is 0 Å². The summed E-state index contributed by atoms with van der Waals surface area (Å²) in [4.78, 5) is 11.1. The summed E-state index contributed by atoms with van der Waals surface area (Å²) in [6.45, 7) is 3.95. The van der Waals surface area contributed by atoms with Crippen LogP contribution in [0.5, 0.6) is 0 Å². The highest BCUT2D eigenvalue weighted by Gasteiger charge is 2.44. The summed E-state index contributed by atoms with van der Waals surface area (Å²) in [6, 6.07) is 1.69. The lowest BCUT2D eigenvalue weighted by molar-refractivity contribution is -0.161. The first-order valence-corrected chi connectivity index (χ1v) is 5.54. The molecule has 0 fully saturated rings. The van der Waals surface area contributed by atoms with Crippen LogP contribution in [-0.2, 0) is 16.8 Å². The fourth-order valence-electron chi connectivity index (χ4n) is 2.13. The summed E-state index contributed by atoms with van der Waals surface area (Å²) >= 11 is 0. The molecule has 16 heavy (non-hydrogen) atoms. The lowest BCUT2D eigenvalue weighted by atomic mass is 9.83. The molecule has 0 bridgehead atoms. The van der Waals surface area contributed by atoms with Gasteiger partial charge in [0.1, 0.15) is 11.5 Å². The summed E-state index contributed by atoms with van der Waals surface area (Å²) in [6.07, 6.45) is 1.60. The monoisotopic (exact) mass is 224 g/mol. The lowest BCUT2D eigenvalue weighted by Gasteiger charge is -2.26. The van der Waals surface area contributed by atoms with Gasteiger partial charge >= 0.3 is 5.97 Å². The van der Waals surface area contributed by atoms with Gasteiger partial charge in [0.2, 0.25) is 0 Å². The molecule has 1 aromatic heterocycles. The number of carboxylic acids is 1. The van der Waals surface area contributed by atoms with E-state index in [0.717, 1.165) is 5.76 Å². The van der Waals surface area contributed by atoms with Gasteiger partial charge in [0.05, 0.1) is 0 Å². The molecular weight excluding hydrogens is 208 g/mol. The molecule has 2 rings (SSSR count). The van der Waals surface area contributed by atoms with Crippen molar-refractivity contribution >= 4 is 5.97 Å². The zero-order chi connectivity index (χ0) is 11.9. The molecule has 1 unspecified atom stereocenters. The third-order valence-corrected chi connectivity index (χ3v) is 3.14. The Labute approximate surface area is 93.9 Å². The number of hydrogen-bond acceptors (Lipinski definition) is 3. The van der Waals surface area contributed by atoms with Gasteiger partial charge in [0.25, 0.3) is 0 Å². The first-order valence-electron chi connectivity index (χ1n) is 5.54. The second-order valence-corrected chi connectivity index (χ2v) is 4.66. The quantitative estimate of drug-likeness (QED) is 0.806. The number of aliphatic hydroxyl groups is 1.